The number of benzene rings is 4. The van der Waals surface area contributed by atoms with E-state index in [1.807, 2.05) is 30.3 Å². The van der Waals surface area contributed by atoms with Crippen LogP contribution in [0.2, 0.25) is 15.1 Å². The quantitative estimate of drug-likeness (QED) is 0.163. The predicted molar refractivity (Wildman–Crippen MR) is 187 cm³/mol. The van der Waals surface area contributed by atoms with Gasteiger partial charge in [0.1, 0.15) is 18.3 Å². The third kappa shape index (κ3) is 8.27. The highest BCUT2D eigenvalue weighted by Crippen LogP contribution is 2.37. The van der Waals surface area contributed by atoms with Crippen LogP contribution in [0.5, 0.6) is 17.2 Å². The molecule has 2 amide bonds. The number of methoxy groups -OCH3 is 3. The monoisotopic (exact) mass is 733 g/mol. The Morgan fingerprint density at radius 3 is 2.02 bits per heavy atom. The zero-order chi connectivity index (χ0) is 35.0. The van der Waals surface area contributed by atoms with Crippen LogP contribution < -0.4 is 23.8 Å². The summed E-state index contributed by atoms with van der Waals surface area (Å²) in [5, 5.41) is 3.36. The summed E-state index contributed by atoms with van der Waals surface area (Å²) in [5.41, 5.74) is 1.13. The number of likely N-dealkylation sites (N-methyl/N-ethyl adjacent to an activating group) is 1. The summed E-state index contributed by atoms with van der Waals surface area (Å²) in [4.78, 5) is 29.2. The van der Waals surface area contributed by atoms with Crippen molar-refractivity contribution in [2.45, 2.75) is 23.9 Å². The molecule has 14 heteroatoms. The summed E-state index contributed by atoms with van der Waals surface area (Å²) in [5.74, 6) is -0.632. The summed E-state index contributed by atoms with van der Waals surface area (Å²) < 4.78 is 46.0. The van der Waals surface area contributed by atoms with E-state index < -0.39 is 34.4 Å². The minimum atomic E-state index is -4.53. The van der Waals surface area contributed by atoms with E-state index >= 15 is 0 Å². The third-order valence-corrected chi connectivity index (χ3v) is 10.2. The van der Waals surface area contributed by atoms with E-state index in [0.717, 1.165) is 9.87 Å². The molecule has 4 rings (SSSR count). The SMILES string of the molecule is CNC(=O)C(Cc1ccccc1)N(Cc1c(Cl)cccc1Cl)C(=O)CN(c1cc(Cl)ccc1OC)S(=O)(=O)c1ccc(OC)c(OC)c1. The number of hydrogen-bond acceptors (Lipinski definition) is 7. The van der Waals surface area contributed by atoms with Crippen LogP contribution in [0, 0.1) is 0 Å². The number of rotatable bonds is 14. The van der Waals surface area contributed by atoms with Crippen molar-refractivity contribution in [3.05, 3.63) is 111 Å². The van der Waals surface area contributed by atoms with Crippen molar-refractivity contribution in [1.82, 2.24) is 10.2 Å². The van der Waals surface area contributed by atoms with Gasteiger partial charge < -0.3 is 24.4 Å². The maximum Gasteiger partial charge on any atom is 0.265 e. The molecule has 1 unspecified atom stereocenters. The molecule has 0 heterocycles. The van der Waals surface area contributed by atoms with Gasteiger partial charge in [-0.2, -0.15) is 0 Å². The average molecular weight is 735 g/mol. The van der Waals surface area contributed by atoms with Crippen LogP contribution in [-0.2, 0) is 32.6 Å². The number of carbonyl (C=O) groups is 2. The summed E-state index contributed by atoms with van der Waals surface area (Å²) in [6, 6.07) is 21.3. The molecule has 0 saturated carbocycles. The Morgan fingerprint density at radius 1 is 0.792 bits per heavy atom. The van der Waals surface area contributed by atoms with E-state index in [1.54, 1.807) is 18.2 Å². The maximum absolute atomic E-state index is 14.6. The Labute approximate surface area is 295 Å². The van der Waals surface area contributed by atoms with Crippen LogP contribution in [0.3, 0.4) is 0 Å². The van der Waals surface area contributed by atoms with Gasteiger partial charge in [-0.3, -0.25) is 13.9 Å². The topological polar surface area (TPSA) is 114 Å². The number of hydrogen-bond donors (Lipinski definition) is 1. The highest BCUT2D eigenvalue weighted by Gasteiger charge is 2.36. The number of halogens is 3. The van der Waals surface area contributed by atoms with Gasteiger partial charge in [0.05, 0.1) is 31.9 Å². The fourth-order valence-electron chi connectivity index (χ4n) is 5.05. The van der Waals surface area contributed by atoms with Gasteiger partial charge in [0, 0.05) is 46.7 Å². The van der Waals surface area contributed by atoms with Gasteiger partial charge in [-0.05, 0) is 48.0 Å². The first-order valence-electron chi connectivity index (χ1n) is 14.5. The molecule has 0 fully saturated rings. The van der Waals surface area contributed by atoms with Gasteiger partial charge >= 0.3 is 0 Å². The molecule has 1 atom stereocenters. The summed E-state index contributed by atoms with van der Waals surface area (Å²) in [6.07, 6.45) is 0.108. The molecule has 0 aliphatic carbocycles. The Balaban J connectivity index is 1.90. The maximum atomic E-state index is 14.6. The molecular formula is C34H34Cl3N3O7S. The van der Waals surface area contributed by atoms with Crippen molar-refractivity contribution < 1.29 is 32.2 Å². The third-order valence-electron chi connectivity index (χ3n) is 7.54. The van der Waals surface area contributed by atoms with Crippen LogP contribution in [0.15, 0.2) is 89.8 Å². The van der Waals surface area contributed by atoms with Gasteiger partial charge in [-0.1, -0.05) is 71.2 Å². The minimum Gasteiger partial charge on any atom is -0.495 e. The molecule has 4 aromatic rings. The molecule has 48 heavy (non-hydrogen) atoms. The molecule has 1 N–H and O–H groups in total. The molecule has 0 aliphatic heterocycles. The zero-order valence-corrected chi connectivity index (χ0v) is 29.7. The Kier molecular flexibility index (Phi) is 12.4. The molecule has 0 saturated heterocycles. The number of carbonyl (C=O) groups excluding carboxylic acids is 2. The first kappa shape index (κ1) is 36.7. The minimum absolute atomic E-state index is 0.0107. The lowest BCUT2D eigenvalue weighted by Gasteiger charge is -2.34. The van der Waals surface area contributed by atoms with Crippen LogP contribution in [0.1, 0.15) is 11.1 Å². The van der Waals surface area contributed by atoms with E-state index in [9.17, 15) is 18.0 Å². The highest BCUT2D eigenvalue weighted by atomic mass is 35.5. The van der Waals surface area contributed by atoms with Crippen LogP contribution in [0.4, 0.5) is 5.69 Å². The average Bonchev–Trinajstić information content (AvgIpc) is 3.09. The Bertz CT molecular complexity index is 1860. The number of nitrogens with one attached hydrogen (secondary N) is 1. The summed E-state index contributed by atoms with van der Waals surface area (Å²) >= 11 is 19.4. The molecule has 254 valence electrons. The van der Waals surface area contributed by atoms with Crippen molar-refractivity contribution >= 4 is 62.3 Å². The summed E-state index contributed by atoms with van der Waals surface area (Å²) in [6.45, 7) is -0.975. The van der Waals surface area contributed by atoms with Gasteiger partial charge in [-0.15, -0.1) is 0 Å². The van der Waals surface area contributed by atoms with Crippen molar-refractivity contribution in [1.29, 1.82) is 0 Å². The van der Waals surface area contributed by atoms with Gasteiger partial charge in [0.15, 0.2) is 11.5 Å². The van der Waals surface area contributed by atoms with Crippen molar-refractivity contribution in [2.24, 2.45) is 0 Å². The van der Waals surface area contributed by atoms with Crippen molar-refractivity contribution in [3.63, 3.8) is 0 Å². The van der Waals surface area contributed by atoms with E-state index in [4.69, 9.17) is 49.0 Å². The summed E-state index contributed by atoms with van der Waals surface area (Å²) in [7, 11) is 1.08. The van der Waals surface area contributed by atoms with Crippen LogP contribution in [0.25, 0.3) is 0 Å². The molecule has 0 aromatic heterocycles. The second kappa shape index (κ2) is 16.3. The Hall–Kier alpha value is -4.16. The molecule has 0 radical (unpaired) electrons. The first-order valence-corrected chi connectivity index (χ1v) is 17.1. The molecule has 0 spiro atoms. The van der Waals surface area contributed by atoms with E-state index in [0.29, 0.717) is 11.3 Å². The van der Waals surface area contributed by atoms with Gasteiger partial charge in [-0.25, -0.2) is 8.42 Å². The lowest BCUT2D eigenvalue weighted by Crippen LogP contribution is -2.53. The van der Waals surface area contributed by atoms with E-state index in [1.165, 1.54) is 69.7 Å². The number of ether oxygens (including phenoxy) is 3. The number of anilines is 1. The van der Waals surface area contributed by atoms with Gasteiger partial charge in [0.2, 0.25) is 11.8 Å². The van der Waals surface area contributed by atoms with Gasteiger partial charge in [0.25, 0.3) is 10.0 Å². The molecule has 10 nitrogen and oxygen atoms in total. The number of amides is 2. The zero-order valence-electron chi connectivity index (χ0n) is 26.6. The number of nitrogens with zero attached hydrogens (tertiary/aromatic N) is 2. The molecular weight excluding hydrogens is 701 g/mol. The van der Waals surface area contributed by atoms with Crippen molar-refractivity contribution in [2.75, 3.05) is 39.2 Å². The van der Waals surface area contributed by atoms with Crippen LogP contribution >= 0.6 is 34.8 Å². The fraction of sp³-hybridized carbons (Fsp3) is 0.235. The normalized spacial score (nSPS) is 11.7. The van der Waals surface area contributed by atoms with E-state index in [-0.39, 0.29) is 50.1 Å². The predicted octanol–water partition coefficient (Wildman–Crippen LogP) is 6.25. The molecule has 0 aliphatic rings. The fourth-order valence-corrected chi connectivity index (χ4v) is 7.17. The van der Waals surface area contributed by atoms with Crippen molar-refractivity contribution in [3.8, 4) is 17.2 Å². The second-order valence-electron chi connectivity index (χ2n) is 10.4. The lowest BCUT2D eigenvalue weighted by atomic mass is 10.0. The lowest BCUT2D eigenvalue weighted by molar-refractivity contribution is -0.139. The van der Waals surface area contributed by atoms with Crippen LogP contribution in [-0.4, -0.2) is 66.1 Å². The second-order valence-corrected chi connectivity index (χ2v) is 13.5. The standard InChI is InChI=1S/C34H34Cl3N3O7S/c1-38-34(42)29(17-22-9-6-5-7-10-22)39(20-25-26(36)11-8-12-27(25)37)33(41)21-40(28-18-23(35)13-15-30(28)45-2)48(43,44)24-14-16-31(46-3)32(19-24)47-4/h5-16,18-19,29H,17,20-21H2,1-4H3,(H,38,42). The first-order chi connectivity index (χ1) is 22.9. The smallest absolute Gasteiger partial charge is 0.265 e. The number of sulfonamides is 1. The Morgan fingerprint density at radius 2 is 1.42 bits per heavy atom. The highest BCUT2D eigenvalue weighted by molar-refractivity contribution is 7.92. The molecule has 0 bridgehead atoms. The largest absolute Gasteiger partial charge is 0.495 e. The molecule has 4 aromatic carbocycles. The van der Waals surface area contributed by atoms with E-state index in [2.05, 4.69) is 5.32 Å².